The van der Waals surface area contributed by atoms with Gasteiger partial charge in [-0.2, -0.15) is 4.98 Å². The van der Waals surface area contributed by atoms with Crippen molar-refractivity contribution in [1.82, 2.24) is 10.1 Å². The van der Waals surface area contributed by atoms with Crippen molar-refractivity contribution < 1.29 is 14.4 Å². The van der Waals surface area contributed by atoms with Gasteiger partial charge in [0.25, 0.3) is 11.8 Å². The molecule has 6 heteroatoms. The minimum atomic E-state index is -0.763. The van der Waals surface area contributed by atoms with Crippen LogP contribution < -0.4 is 4.90 Å². The van der Waals surface area contributed by atoms with Crippen molar-refractivity contribution in [2.24, 2.45) is 5.92 Å². The number of aliphatic carboxylic acids is 1. The maximum atomic E-state index is 11.1. The molecule has 0 amide bonds. The maximum Gasteiger partial charge on any atom is 0.308 e. The summed E-state index contributed by atoms with van der Waals surface area (Å²) in [6, 6.07) is 9.52. The molecule has 1 N–H and O–H groups in total. The number of carboxylic acids is 1. The van der Waals surface area contributed by atoms with E-state index in [1.54, 1.807) is 0 Å². The quantitative estimate of drug-likeness (QED) is 0.921. The zero-order valence-corrected chi connectivity index (χ0v) is 10.9. The van der Waals surface area contributed by atoms with Crippen LogP contribution in [0.1, 0.15) is 12.8 Å². The third kappa shape index (κ3) is 2.49. The Bertz CT molecular complexity index is 597. The molecule has 0 bridgehead atoms. The molecule has 2 aromatic rings. The lowest BCUT2D eigenvalue weighted by Crippen LogP contribution is -2.39. The summed E-state index contributed by atoms with van der Waals surface area (Å²) in [6.45, 7) is 1.20. The molecule has 1 aliphatic rings. The molecule has 6 nitrogen and oxygen atoms in total. The highest BCUT2D eigenvalue weighted by atomic mass is 16.5. The molecule has 104 valence electrons. The van der Waals surface area contributed by atoms with E-state index >= 15 is 0 Å². The number of benzene rings is 1. The number of hydrogen-bond donors (Lipinski definition) is 1. The average molecular weight is 273 g/mol. The van der Waals surface area contributed by atoms with Gasteiger partial charge in [-0.15, -0.1) is 0 Å². The highest BCUT2D eigenvalue weighted by Gasteiger charge is 2.27. The number of piperidine rings is 1. The number of carboxylic acid groups (broad SMARTS) is 1. The van der Waals surface area contributed by atoms with Crippen LogP contribution in [0, 0.1) is 5.92 Å². The Kier molecular flexibility index (Phi) is 3.37. The van der Waals surface area contributed by atoms with Crippen LogP contribution in [0.5, 0.6) is 0 Å². The van der Waals surface area contributed by atoms with Crippen LogP contribution in [0.2, 0.25) is 0 Å². The third-order valence-electron chi connectivity index (χ3n) is 3.49. The molecule has 0 aliphatic carbocycles. The molecule has 0 saturated carbocycles. The Hall–Kier alpha value is -2.37. The highest BCUT2D eigenvalue weighted by molar-refractivity contribution is 5.71. The zero-order valence-electron chi connectivity index (χ0n) is 10.9. The Morgan fingerprint density at radius 1 is 1.35 bits per heavy atom. The van der Waals surface area contributed by atoms with Crippen molar-refractivity contribution in [2.75, 3.05) is 18.0 Å². The van der Waals surface area contributed by atoms with Gasteiger partial charge in [-0.05, 0) is 30.1 Å². The molecule has 1 unspecified atom stereocenters. The topological polar surface area (TPSA) is 79.5 Å². The van der Waals surface area contributed by atoms with Crippen LogP contribution in [-0.4, -0.2) is 34.3 Å². The van der Waals surface area contributed by atoms with E-state index in [-0.39, 0.29) is 5.92 Å². The first kappa shape index (κ1) is 12.7. The molecule has 0 radical (unpaired) electrons. The van der Waals surface area contributed by atoms with Crippen LogP contribution in [0.3, 0.4) is 0 Å². The van der Waals surface area contributed by atoms with E-state index in [1.165, 1.54) is 0 Å². The molecule has 1 atom stereocenters. The lowest BCUT2D eigenvalue weighted by Gasteiger charge is -2.29. The Morgan fingerprint density at radius 2 is 2.15 bits per heavy atom. The van der Waals surface area contributed by atoms with E-state index < -0.39 is 5.97 Å². The second-order valence-corrected chi connectivity index (χ2v) is 4.89. The second kappa shape index (κ2) is 5.32. The van der Waals surface area contributed by atoms with Crippen molar-refractivity contribution >= 4 is 11.9 Å². The van der Waals surface area contributed by atoms with Crippen LogP contribution in [-0.2, 0) is 4.79 Å². The smallest absolute Gasteiger partial charge is 0.308 e. The van der Waals surface area contributed by atoms with E-state index in [2.05, 4.69) is 10.1 Å². The van der Waals surface area contributed by atoms with E-state index in [0.29, 0.717) is 24.8 Å². The molecule has 2 heterocycles. The van der Waals surface area contributed by atoms with Gasteiger partial charge in [-0.1, -0.05) is 18.2 Å². The fourth-order valence-corrected chi connectivity index (χ4v) is 2.40. The van der Waals surface area contributed by atoms with Crippen LogP contribution in [0.4, 0.5) is 5.95 Å². The van der Waals surface area contributed by atoms with Crippen LogP contribution in [0.25, 0.3) is 11.5 Å². The molecule has 20 heavy (non-hydrogen) atoms. The lowest BCUT2D eigenvalue weighted by molar-refractivity contribution is -0.141. The van der Waals surface area contributed by atoms with Gasteiger partial charge >= 0.3 is 5.97 Å². The van der Waals surface area contributed by atoms with Gasteiger partial charge in [0.05, 0.1) is 5.92 Å². The minimum absolute atomic E-state index is 0.359. The maximum absolute atomic E-state index is 11.1. The van der Waals surface area contributed by atoms with Crippen molar-refractivity contribution in [3.8, 4) is 11.5 Å². The SMILES string of the molecule is O=C(O)C1CCCN(c2noc(-c3ccccc3)n2)C1. The fourth-order valence-electron chi connectivity index (χ4n) is 2.40. The molecule has 1 fully saturated rings. The van der Waals surface area contributed by atoms with E-state index in [9.17, 15) is 4.79 Å². The van der Waals surface area contributed by atoms with Crippen molar-refractivity contribution in [3.63, 3.8) is 0 Å². The monoisotopic (exact) mass is 273 g/mol. The largest absolute Gasteiger partial charge is 0.481 e. The number of carbonyl (C=O) groups is 1. The Balaban J connectivity index is 1.78. The van der Waals surface area contributed by atoms with Gasteiger partial charge in [0.2, 0.25) is 0 Å². The summed E-state index contributed by atoms with van der Waals surface area (Å²) in [5.74, 6) is -0.197. The number of rotatable bonds is 3. The van der Waals surface area contributed by atoms with E-state index in [4.69, 9.17) is 9.63 Å². The molecule has 1 aromatic heterocycles. The standard InChI is InChI=1S/C14H15N3O3/c18-13(19)11-7-4-8-17(9-11)14-15-12(20-16-14)10-5-2-1-3-6-10/h1-3,5-6,11H,4,7-9H2,(H,18,19). The van der Waals surface area contributed by atoms with Crippen molar-refractivity contribution in [3.05, 3.63) is 30.3 Å². The predicted octanol–water partition coefficient (Wildman–Crippen LogP) is 2.04. The summed E-state index contributed by atoms with van der Waals surface area (Å²) in [4.78, 5) is 17.3. The number of nitrogens with zero attached hydrogens (tertiary/aromatic N) is 3. The van der Waals surface area contributed by atoms with Crippen molar-refractivity contribution in [1.29, 1.82) is 0 Å². The summed E-state index contributed by atoms with van der Waals surface area (Å²) < 4.78 is 5.25. The molecule has 1 aliphatic heterocycles. The first-order valence-electron chi connectivity index (χ1n) is 6.61. The van der Waals surface area contributed by atoms with Gasteiger partial charge in [0, 0.05) is 18.7 Å². The second-order valence-electron chi connectivity index (χ2n) is 4.89. The number of hydrogen-bond acceptors (Lipinski definition) is 5. The van der Waals surface area contributed by atoms with Gasteiger partial charge in [0.15, 0.2) is 0 Å². The first-order valence-corrected chi connectivity index (χ1v) is 6.61. The van der Waals surface area contributed by atoms with Gasteiger partial charge in [0.1, 0.15) is 0 Å². The summed E-state index contributed by atoms with van der Waals surface area (Å²) in [5.41, 5.74) is 0.859. The van der Waals surface area contributed by atoms with Gasteiger partial charge in [-0.25, -0.2) is 0 Å². The normalized spacial score (nSPS) is 19.0. The first-order chi connectivity index (χ1) is 9.74. The fraction of sp³-hybridized carbons (Fsp3) is 0.357. The number of aromatic nitrogens is 2. The van der Waals surface area contributed by atoms with Gasteiger partial charge in [-0.3, -0.25) is 4.79 Å². The highest BCUT2D eigenvalue weighted by Crippen LogP contribution is 2.24. The lowest BCUT2D eigenvalue weighted by atomic mass is 9.99. The summed E-state index contributed by atoms with van der Waals surface area (Å²) in [7, 11) is 0. The molecule has 3 rings (SSSR count). The zero-order chi connectivity index (χ0) is 13.9. The van der Waals surface area contributed by atoms with Crippen LogP contribution >= 0.6 is 0 Å². The molecular weight excluding hydrogens is 258 g/mol. The molecule has 1 saturated heterocycles. The summed E-state index contributed by atoms with van der Waals surface area (Å²) in [6.07, 6.45) is 1.53. The van der Waals surface area contributed by atoms with Crippen LogP contribution in [0.15, 0.2) is 34.9 Å². The number of anilines is 1. The van der Waals surface area contributed by atoms with Crippen molar-refractivity contribution in [2.45, 2.75) is 12.8 Å². The molecular formula is C14H15N3O3. The van der Waals surface area contributed by atoms with Gasteiger partial charge < -0.3 is 14.5 Å². The summed E-state index contributed by atoms with van der Waals surface area (Å²) >= 11 is 0. The summed E-state index contributed by atoms with van der Waals surface area (Å²) in [5, 5.41) is 13.1. The van der Waals surface area contributed by atoms with E-state index in [0.717, 1.165) is 18.5 Å². The molecule has 1 aromatic carbocycles. The average Bonchev–Trinajstić information content (AvgIpc) is 2.98. The third-order valence-corrected chi connectivity index (χ3v) is 3.49. The Morgan fingerprint density at radius 3 is 2.90 bits per heavy atom. The Labute approximate surface area is 116 Å². The predicted molar refractivity (Wildman–Crippen MR) is 72.3 cm³/mol. The minimum Gasteiger partial charge on any atom is -0.481 e. The van der Waals surface area contributed by atoms with E-state index in [1.807, 2.05) is 35.2 Å². The molecule has 0 spiro atoms.